The Morgan fingerprint density at radius 2 is 1.50 bits per heavy atom. The molecule has 2 heterocycles. The molecule has 0 aliphatic carbocycles. The number of para-hydroxylation sites is 1. The van der Waals surface area contributed by atoms with Gasteiger partial charge in [0.25, 0.3) is 0 Å². The maximum atomic E-state index is 6.01. The molecule has 0 radical (unpaired) electrons. The fourth-order valence-corrected chi connectivity index (χ4v) is 2.31. The lowest BCUT2D eigenvalue weighted by Crippen LogP contribution is -2.09. The van der Waals surface area contributed by atoms with Gasteiger partial charge in [0.1, 0.15) is 25.4 Å². The summed E-state index contributed by atoms with van der Waals surface area (Å²) in [6.45, 7) is 2.68. The third-order valence-electron chi connectivity index (χ3n) is 3.71. The van der Waals surface area contributed by atoms with Crippen LogP contribution in [0.4, 0.5) is 0 Å². The molecule has 22 heavy (non-hydrogen) atoms. The Hall–Kier alpha value is -2.04. The van der Waals surface area contributed by atoms with Crippen LogP contribution in [0.5, 0.6) is 11.5 Å². The number of hydrogen-bond acceptors (Lipinski definition) is 4. The Labute approximate surface area is 129 Å². The van der Waals surface area contributed by atoms with Crippen molar-refractivity contribution in [1.82, 2.24) is 0 Å². The summed E-state index contributed by atoms with van der Waals surface area (Å²) >= 11 is 0. The summed E-state index contributed by atoms with van der Waals surface area (Å²) < 4.78 is 22.3. The van der Waals surface area contributed by atoms with Crippen LogP contribution in [0.15, 0.2) is 48.5 Å². The zero-order valence-corrected chi connectivity index (χ0v) is 12.2. The van der Waals surface area contributed by atoms with Gasteiger partial charge >= 0.3 is 0 Å². The van der Waals surface area contributed by atoms with E-state index in [9.17, 15) is 0 Å². The van der Waals surface area contributed by atoms with Crippen LogP contribution in [0.1, 0.15) is 0 Å². The lowest BCUT2D eigenvalue weighted by atomic mass is 10.0. The van der Waals surface area contributed by atoms with E-state index in [1.165, 1.54) is 0 Å². The molecular formula is C18H18O4. The molecule has 4 rings (SSSR count). The first-order valence-corrected chi connectivity index (χ1v) is 7.57. The summed E-state index contributed by atoms with van der Waals surface area (Å²) in [5, 5.41) is 0. The van der Waals surface area contributed by atoms with Crippen molar-refractivity contribution < 1.29 is 18.9 Å². The maximum Gasteiger partial charge on any atom is 0.169 e. The third kappa shape index (κ3) is 3.24. The summed E-state index contributed by atoms with van der Waals surface area (Å²) in [4.78, 5) is 0. The Bertz CT molecular complexity index is 633. The van der Waals surface area contributed by atoms with E-state index < -0.39 is 0 Å². The van der Waals surface area contributed by atoms with Gasteiger partial charge in [-0.2, -0.15) is 0 Å². The molecule has 4 heteroatoms. The fraction of sp³-hybridized carbons (Fsp3) is 0.333. The molecule has 2 fully saturated rings. The zero-order chi connectivity index (χ0) is 14.8. The van der Waals surface area contributed by atoms with Gasteiger partial charge in [0, 0.05) is 5.56 Å². The Kier molecular flexibility index (Phi) is 3.70. The van der Waals surface area contributed by atoms with Crippen LogP contribution in [-0.4, -0.2) is 38.6 Å². The van der Waals surface area contributed by atoms with E-state index in [1.54, 1.807) is 0 Å². The number of hydrogen-bond donors (Lipinski definition) is 0. The van der Waals surface area contributed by atoms with Gasteiger partial charge in [-0.15, -0.1) is 0 Å². The van der Waals surface area contributed by atoms with Crippen molar-refractivity contribution in [2.45, 2.75) is 12.2 Å². The fourth-order valence-electron chi connectivity index (χ4n) is 2.31. The van der Waals surface area contributed by atoms with Crippen molar-refractivity contribution >= 4 is 0 Å². The van der Waals surface area contributed by atoms with Crippen molar-refractivity contribution in [3.05, 3.63) is 48.5 Å². The molecule has 2 aromatic carbocycles. The second-order valence-corrected chi connectivity index (χ2v) is 5.53. The molecule has 0 bridgehead atoms. The van der Waals surface area contributed by atoms with Crippen LogP contribution < -0.4 is 9.47 Å². The molecule has 0 amide bonds. The molecule has 2 aromatic rings. The topological polar surface area (TPSA) is 43.5 Å². The molecule has 2 saturated heterocycles. The highest BCUT2D eigenvalue weighted by atomic mass is 16.6. The van der Waals surface area contributed by atoms with E-state index in [1.807, 2.05) is 30.3 Å². The minimum Gasteiger partial charge on any atom is -0.487 e. The van der Waals surface area contributed by atoms with Gasteiger partial charge in [-0.25, -0.2) is 0 Å². The van der Waals surface area contributed by atoms with E-state index in [-0.39, 0.29) is 12.2 Å². The van der Waals surface area contributed by atoms with Gasteiger partial charge < -0.3 is 18.9 Å². The van der Waals surface area contributed by atoms with E-state index in [0.717, 1.165) is 35.8 Å². The van der Waals surface area contributed by atoms with Crippen molar-refractivity contribution in [2.75, 3.05) is 26.4 Å². The van der Waals surface area contributed by atoms with Crippen LogP contribution in [0.25, 0.3) is 11.1 Å². The first-order chi connectivity index (χ1) is 10.9. The largest absolute Gasteiger partial charge is 0.487 e. The molecule has 0 N–H and O–H groups in total. The summed E-state index contributed by atoms with van der Waals surface area (Å²) in [6, 6.07) is 16.2. The number of ether oxygens (including phenoxy) is 4. The van der Waals surface area contributed by atoms with Gasteiger partial charge in [0.05, 0.1) is 13.2 Å². The lowest BCUT2D eigenvalue weighted by molar-refractivity contribution is 0.229. The smallest absolute Gasteiger partial charge is 0.169 e. The minimum absolute atomic E-state index is 0.212. The van der Waals surface area contributed by atoms with Gasteiger partial charge in [0.2, 0.25) is 0 Å². The first-order valence-electron chi connectivity index (χ1n) is 7.57. The van der Waals surface area contributed by atoms with E-state index in [2.05, 4.69) is 18.2 Å². The number of benzene rings is 2. The molecule has 2 atom stereocenters. The number of rotatable bonds is 7. The molecule has 114 valence electrons. The molecule has 0 aromatic heterocycles. The van der Waals surface area contributed by atoms with E-state index in [0.29, 0.717) is 13.2 Å². The summed E-state index contributed by atoms with van der Waals surface area (Å²) in [6.07, 6.45) is 0.434. The molecule has 0 saturated carbocycles. The summed E-state index contributed by atoms with van der Waals surface area (Å²) in [5.74, 6) is 1.54. The normalized spacial score (nSPS) is 22.2. The predicted molar refractivity (Wildman–Crippen MR) is 82.3 cm³/mol. The first kappa shape index (κ1) is 13.6. The SMILES string of the molecule is c1ccc(-c2cccc(OCC3CO3)c2OCC2CO2)cc1. The molecule has 2 unspecified atom stereocenters. The van der Waals surface area contributed by atoms with Gasteiger partial charge in [-0.1, -0.05) is 42.5 Å². The van der Waals surface area contributed by atoms with Crippen molar-refractivity contribution in [3.63, 3.8) is 0 Å². The Balaban J connectivity index is 1.63. The summed E-state index contributed by atoms with van der Waals surface area (Å²) in [7, 11) is 0. The van der Waals surface area contributed by atoms with Crippen LogP contribution in [0, 0.1) is 0 Å². The maximum absolute atomic E-state index is 6.01. The van der Waals surface area contributed by atoms with Crippen molar-refractivity contribution in [1.29, 1.82) is 0 Å². The van der Waals surface area contributed by atoms with E-state index >= 15 is 0 Å². The van der Waals surface area contributed by atoms with Crippen LogP contribution in [-0.2, 0) is 9.47 Å². The third-order valence-corrected chi connectivity index (χ3v) is 3.71. The van der Waals surface area contributed by atoms with Gasteiger partial charge in [0.15, 0.2) is 11.5 Å². The minimum atomic E-state index is 0.212. The predicted octanol–water partition coefficient (Wildman–Crippen LogP) is 2.91. The Morgan fingerprint density at radius 3 is 2.18 bits per heavy atom. The average Bonchev–Trinajstić information content (AvgIpc) is 3.47. The molecule has 2 aliphatic rings. The van der Waals surface area contributed by atoms with Crippen molar-refractivity contribution in [2.24, 2.45) is 0 Å². The van der Waals surface area contributed by atoms with Crippen LogP contribution in [0.2, 0.25) is 0 Å². The van der Waals surface area contributed by atoms with Gasteiger partial charge in [-0.05, 0) is 11.6 Å². The highest BCUT2D eigenvalue weighted by molar-refractivity contribution is 5.73. The standard InChI is InChI=1S/C18H18O4/c1-2-5-13(6-3-1)16-7-4-8-17(21-11-14-9-19-14)18(16)22-12-15-10-20-15/h1-8,14-15H,9-12H2. The van der Waals surface area contributed by atoms with Crippen molar-refractivity contribution in [3.8, 4) is 22.6 Å². The zero-order valence-electron chi connectivity index (χ0n) is 12.2. The second-order valence-electron chi connectivity index (χ2n) is 5.53. The van der Waals surface area contributed by atoms with Crippen LogP contribution >= 0.6 is 0 Å². The van der Waals surface area contributed by atoms with Crippen LogP contribution in [0.3, 0.4) is 0 Å². The average molecular weight is 298 g/mol. The number of epoxide rings is 2. The highest BCUT2D eigenvalue weighted by Gasteiger charge is 2.26. The lowest BCUT2D eigenvalue weighted by Gasteiger charge is -2.16. The Morgan fingerprint density at radius 1 is 0.818 bits per heavy atom. The quantitative estimate of drug-likeness (QED) is 0.737. The highest BCUT2D eigenvalue weighted by Crippen LogP contribution is 2.39. The van der Waals surface area contributed by atoms with E-state index in [4.69, 9.17) is 18.9 Å². The second kappa shape index (κ2) is 5.99. The summed E-state index contributed by atoms with van der Waals surface area (Å²) in [5.41, 5.74) is 2.15. The molecular weight excluding hydrogens is 280 g/mol. The van der Waals surface area contributed by atoms with Gasteiger partial charge in [-0.3, -0.25) is 0 Å². The molecule has 2 aliphatic heterocycles. The monoisotopic (exact) mass is 298 g/mol. The molecule has 0 spiro atoms. The molecule has 4 nitrogen and oxygen atoms in total.